The summed E-state index contributed by atoms with van der Waals surface area (Å²) in [5.41, 5.74) is 0.553. The van der Waals surface area contributed by atoms with Crippen LogP contribution in [-0.4, -0.2) is 30.5 Å². The molecule has 2 N–H and O–H groups in total. The summed E-state index contributed by atoms with van der Waals surface area (Å²) in [7, 11) is 0. The van der Waals surface area contributed by atoms with Crippen LogP contribution >= 0.6 is 11.6 Å². The molecular formula is C25H27ClF3N3O3. The second-order valence-electron chi connectivity index (χ2n) is 8.37. The lowest BCUT2D eigenvalue weighted by molar-refractivity contribution is -0.144. The topological polar surface area (TPSA) is 79.8 Å². The van der Waals surface area contributed by atoms with Gasteiger partial charge in [-0.3, -0.25) is 14.9 Å². The highest BCUT2D eigenvalue weighted by Crippen LogP contribution is 2.27. The summed E-state index contributed by atoms with van der Waals surface area (Å²) in [6.45, 7) is 2.22. The van der Waals surface area contributed by atoms with E-state index >= 15 is 0 Å². The number of benzene rings is 2. The van der Waals surface area contributed by atoms with Gasteiger partial charge in [0.1, 0.15) is 5.82 Å². The molecule has 0 spiro atoms. The van der Waals surface area contributed by atoms with Crippen LogP contribution in [0.2, 0.25) is 5.02 Å². The molecule has 0 atom stereocenters. The van der Waals surface area contributed by atoms with E-state index in [-0.39, 0.29) is 41.0 Å². The van der Waals surface area contributed by atoms with Crippen molar-refractivity contribution < 1.29 is 27.5 Å². The number of esters is 1. The molecule has 6 nitrogen and oxygen atoms in total. The van der Waals surface area contributed by atoms with Crippen molar-refractivity contribution in [1.29, 1.82) is 0 Å². The van der Waals surface area contributed by atoms with Crippen molar-refractivity contribution >= 4 is 29.4 Å². The number of rotatable bonds is 7. The maximum absolute atomic E-state index is 13.6. The lowest BCUT2D eigenvalue weighted by atomic mass is 9.84. The van der Waals surface area contributed by atoms with Gasteiger partial charge in [0.15, 0.2) is 17.6 Å². The molecule has 0 unspecified atom stereocenters. The molecule has 188 valence electrons. The van der Waals surface area contributed by atoms with Crippen molar-refractivity contribution in [3.8, 4) is 0 Å². The molecule has 0 heterocycles. The average Bonchev–Trinajstić information content (AvgIpc) is 2.82. The number of carbonyl (C=O) groups is 2. The van der Waals surface area contributed by atoms with Gasteiger partial charge in [-0.1, -0.05) is 17.7 Å². The zero-order valence-corrected chi connectivity index (χ0v) is 20.0. The Bertz CT molecular complexity index is 1090. The lowest BCUT2D eigenvalue weighted by Gasteiger charge is -2.29. The molecule has 3 rings (SSSR count). The predicted molar refractivity (Wildman–Crippen MR) is 127 cm³/mol. The fraction of sp³-hybridized carbons (Fsp3) is 0.400. The normalized spacial score (nSPS) is 18.1. The van der Waals surface area contributed by atoms with Crippen LogP contribution in [0.1, 0.15) is 54.9 Å². The average molecular weight is 510 g/mol. The maximum atomic E-state index is 13.6. The Balaban J connectivity index is 1.68. The minimum Gasteiger partial charge on any atom is -0.466 e. The fourth-order valence-corrected chi connectivity index (χ4v) is 4.11. The van der Waals surface area contributed by atoms with E-state index in [1.807, 2.05) is 0 Å². The smallest absolute Gasteiger partial charge is 0.306 e. The third-order valence-corrected chi connectivity index (χ3v) is 6.06. The molecule has 1 aliphatic carbocycles. The number of guanidine groups is 1. The van der Waals surface area contributed by atoms with Crippen LogP contribution in [0.25, 0.3) is 0 Å². The van der Waals surface area contributed by atoms with Crippen LogP contribution in [0.3, 0.4) is 0 Å². The lowest BCUT2D eigenvalue weighted by Crippen LogP contribution is -2.47. The first kappa shape index (κ1) is 26.5. The van der Waals surface area contributed by atoms with Crippen LogP contribution in [0.15, 0.2) is 41.4 Å². The first-order valence-corrected chi connectivity index (χ1v) is 11.8. The van der Waals surface area contributed by atoms with Crippen molar-refractivity contribution in [2.24, 2.45) is 10.9 Å². The van der Waals surface area contributed by atoms with Gasteiger partial charge in [0.2, 0.25) is 0 Å². The van der Waals surface area contributed by atoms with Crippen molar-refractivity contribution in [3.63, 3.8) is 0 Å². The predicted octanol–water partition coefficient (Wildman–Crippen LogP) is 5.14. The Morgan fingerprint density at radius 3 is 2.40 bits per heavy atom. The van der Waals surface area contributed by atoms with Crippen LogP contribution in [-0.2, 0) is 16.1 Å². The van der Waals surface area contributed by atoms with Crippen LogP contribution < -0.4 is 10.6 Å². The van der Waals surface area contributed by atoms with E-state index in [4.69, 9.17) is 16.3 Å². The number of carbonyl (C=O) groups excluding carboxylic acids is 2. The second kappa shape index (κ2) is 12.6. The molecule has 0 radical (unpaired) electrons. The molecule has 1 amide bonds. The zero-order valence-electron chi connectivity index (χ0n) is 19.3. The van der Waals surface area contributed by atoms with Gasteiger partial charge in [-0.25, -0.2) is 18.2 Å². The highest BCUT2D eigenvalue weighted by Gasteiger charge is 2.25. The SMILES string of the molecule is CCOC(=O)CC1CCC(NC(=NCc2ccc(F)c(Cl)c2)NC(=O)c2ccc(F)c(F)c2)CC1. The van der Waals surface area contributed by atoms with Gasteiger partial charge in [-0.2, -0.15) is 0 Å². The number of halogens is 4. The summed E-state index contributed by atoms with van der Waals surface area (Å²) in [4.78, 5) is 28.8. The highest BCUT2D eigenvalue weighted by molar-refractivity contribution is 6.30. The van der Waals surface area contributed by atoms with Gasteiger partial charge in [-0.15, -0.1) is 0 Å². The number of aliphatic imine (C=N–C) groups is 1. The molecular weight excluding hydrogens is 483 g/mol. The van der Waals surface area contributed by atoms with Gasteiger partial charge >= 0.3 is 5.97 Å². The molecule has 2 aromatic carbocycles. The van der Waals surface area contributed by atoms with Gasteiger partial charge in [0.25, 0.3) is 5.91 Å². The van der Waals surface area contributed by atoms with Gasteiger partial charge in [0.05, 0.1) is 18.2 Å². The molecule has 35 heavy (non-hydrogen) atoms. The number of hydrogen-bond donors (Lipinski definition) is 2. The van der Waals surface area contributed by atoms with E-state index in [1.165, 1.54) is 24.3 Å². The quantitative estimate of drug-likeness (QED) is 0.307. The monoisotopic (exact) mass is 509 g/mol. The third-order valence-electron chi connectivity index (χ3n) is 5.77. The van der Waals surface area contributed by atoms with Crippen molar-refractivity contribution in [2.45, 2.75) is 51.6 Å². The molecule has 1 fully saturated rings. The van der Waals surface area contributed by atoms with E-state index in [9.17, 15) is 22.8 Å². The van der Waals surface area contributed by atoms with Crippen molar-refractivity contribution in [1.82, 2.24) is 10.6 Å². The molecule has 0 saturated heterocycles. The number of nitrogens with zero attached hydrogens (tertiary/aromatic N) is 1. The van der Waals surface area contributed by atoms with E-state index in [1.54, 1.807) is 6.92 Å². The molecule has 1 saturated carbocycles. The summed E-state index contributed by atoms with van der Waals surface area (Å²) in [5.74, 6) is -3.24. The number of hydrogen-bond acceptors (Lipinski definition) is 4. The Labute approximate surface area is 206 Å². The van der Waals surface area contributed by atoms with E-state index in [0.717, 1.165) is 37.8 Å². The zero-order chi connectivity index (χ0) is 25.4. The third kappa shape index (κ3) is 7.99. The van der Waals surface area contributed by atoms with E-state index in [0.29, 0.717) is 18.6 Å². The maximum Gasteiger partial charge on any atom is 0.306 e. The largest absolute Gasteiger partial charge is 0.466 e. The molecule has 0 aliphatic heterocycles. The molecule has 1 aliphatic rings. The first-order valence-electron chi connectivity index (χ1n) is 11.4. The standard InChI is InChI=1S/C25H27ClF3N3O3/c1-2-35-23(33)12-15-3-7-18(8-4-15)31-25(30-14-16-5-9-20(27)19(26)11-16)32-24(34)17-6-10-21(28)22(29)13-17/h5-6,9-11,13,15,18H,2-4,7-8,12,14H2,1H3,(H2,30,31,32,34). The first-order chi connectivity index (χ1) is 16.7. The summed E-state index contributed by atoms with van der Waals surface area (Å²) < 4.78 is 45.3. The highest BCUT2D eigenvalue weighted by atomic mass is 35.5. The molecule has 0 bridgehead atoms. The van der Waals surface area contributed by atoms with Crippen LogP contribution in [0.5, 0.6) is 0 Å². The van der Waals surface area contributed by atoms with Crippen LogP contribution in [0, 0.1) is 23.4 Å². The number of nitrogens with one attached hydrogen (secondary N) is 2. The van der Waals surface area contributed by atoms with Crippen molar-refractivity contribution in [3.05, 3.63) is 70.0 Å². The minimum absolute atomic E-state index is 0.0192. The van der Waals surface area contributed by atoms with Gasteiger partial charge in [0, 0.05) is 18.0 Å². The molecule has 2 aromatic rings. The van der Waals surface area contributed by atoms with E-state index < -0.39 is 23.4 Å². The van der Waals surface area contributed by atoms with Crippen LogP contribution in [0.4, 0.5) is 13.2 Å². The Morgan fingerprint density at radius 2 is 1.74 bits per heavy atom. The Morgan fingerprint density at radius 1 is 1.03 bits per heavy atom. The van der Waals surface area contributed by atoms with Gasteiger partial charge in [-0.05, 0) is 74.4 Å². The summed E-state index contributed by atoms with van der Waals surface area (Å²) in [5, 5.41) is 5.77. The summed E-state index contributed by atoms with van der Waals surface area (Å²) in [6.07, 6.45) is 3.46. The summed E-state index contributed by atoms with van der Waals surface area (Å²) >= 11 is 5.84. The number of amides is 1. The summed E-state index contributed by atoms with van der Waals surface area (Å²) in [6, 6.07) is 7.03. The fourth-order valence-electron chi connectivity index (χ4n) is 3.91. The van der Waals surface area contributed by atoms with E-state index in [2.05, 4.69) is 15.6 Å². The Hall–Kier alpha value is -3.07. The molecule has 0 aromatic heterocycles. The van der Waals surface area contributed by atoms with Gasteiger partial charge < -0.3 is 10.1 Å². The second-order valence-corrected chi connectivity index (χ2v) is 8.77. The molecule has 10 heteroatoms. The van der Waals surface area contributed by atoms with Crippen molar-refractivity contribution in [2.75, 3.05) is 6.61 Å². The Kier molecular flexibility index (Phi) is 9.54. The minimum atomic E-state index is -1.13. The number of ether oxygens (including phenoxy) is 1.